The SMILES string of the molecule is CNC(CC(C)C)C(=O)NC1C(=O)NC(CC(N)=O)C(=O)NC2C(=O)NC3C(=O)NC(C(=O)N[C@@H](C(=O)O)c4cc(O)cc(O)c4-c4cc3ccc4O)[C@H](OC3C[C@](C)(N)C(O)C(C)O3)c3ccc(c(Cl)c3)Oc3cc2cc(c3OC2OC(COC(=O)CCCC(=O)NC(P(=O)(O)O)P(=O)(O)O)C(O)C(O)C2OC2C[C@@](C)(NCc3ccc(-c4ccc(Cl)cc4)cc3)C(O)C(C)O2)Oc2ccc(cc2Cl)[C@@H]1O. The quantitative estimate of drug-likeness (QED) is 0.0256. The third-order valence-corrected chi connectivity index (χ3v) is 29.0. The summed E-state index contributed by atoms with van der Waals surface area (Å²) in [6.07, 6.45) is -27.3. The highest BCUT2D eigenvalue weighted by molar-refractivity contribution is 7.70. The van der Waals surface area contributed by atoms with Gasteiger partial charge in [-0.05, 0) is 159 Å². The number of primary amides is 1. The van der Waals surface area contributed by atoms with Crippen molar-refractivity contribution < 1.29 is 165 Å². The summed E-state index contributed by atoms with van der Waals surface area (Å²) in [6, 6.07) is 12.8. The molecule has 3 saturated heterocycles. The maximum absolute atomic E-state index is 16.7. The average Bonchev–Trinajstić information content (AvgIpc) is 0.758. The van der Waals surface area contributed by atoms with Crippen molar-refractivity contribution in [1.82, 2.24) is 47.9 Å². The number of carbonyl (C=O) groups excluding carboxylic acids is 9. The lowest BCUT2D eigenvalue weighted by Gasteiger charge is -2.48. The molecule has 8 aliphatic heterocycles. The Labute approximate surface area is 824 Å². The first kappa shape index (κ1) is 108. The second-order valence-electron chi connectivity index (χ2n) is 36.2. The van der Waals surface area contributed by atoms with Gasteiger partial charge in [-0.3, -0.25) is 52.3 Å². The molecule has 8 heterocycles. The van der Waals surface area contributed by atoms with Crippen LogP contribution in [0.15, 0.2) is 127 Å². The van der Waals surface area contributed by atoms with Crippen LogP contribution in [0, 0.1) is 5.92 Å². The van der Waals surface area contributed by atoms with Crippen LogP contribution in [0.2, 0.25) is 15.1 Å². The summed E-state index contributed by atoms with van der Waals surface area (Å²) in [7, 11) is -9.94. The van der Waals surface area contributed by atoms with Gasteiger partial charge in [-0.15, -0.1) is 0 Å². The number of fused-ring (bicyclic) bond motifs is 15. The van der Waals surface area contributed by atoms with E-state index in [1.54, 1.807) is 38.2 Å². The number of rotatable bonds is 27. The second kappa shape index (κ2) is 44.5. The number of benzene rings is 7. The normalized spacial score (nSPS) is 27.8. The van der Waals surface area contributed by atoms with Gasteiger partial charge in [0.25, 0.3) is 0 Å². The summed E-state index contributed by atoms with van der Waals surface area (Å²) in [5, 5.41) is 130. The molecule has 0 aromatic heterocycles. The fourth-order valence-electron chi connectivity index (χ4n) is 17.4. The van der Waals surface area contributed by atoms with Crippen LogP contribution < -0.4 is 73.5 Å². The lowest BCUT2D eigenvalue weighted by molar-refractivity contribution is -0.335. The van der Waals surface area contributed by atoms with E-state index in [0.717, 1.165) is 89.5 Å². The monoisotopic (exact) mass is 2080 g/mol. The number of carboxylic acids is 1. The number of esters is 1. The molecule has 26 N–H and O–H groups in total. The second-order valence-corrected chi connectivity index (χ2v) is 41.2. The molecule has 17 unspecified atom stereocenters. The molecule has 45 nitrogen and oxygen atoms in total. The van der Waals surface area contributed by atoms with Crippen molar-refractivity contribution >= 4 is 109 Å². The largest absolute Gasteiger partial charge is 0.508 e. The number of hydrogen-bond acceptors (Lipinski definition) is 32. The first-order valence-electron chi connectivity index (χ1n) is 44.6. The van der Waals surface area contributed by atoms with Crippen LogP contribution >= 0.6 is 50.0 Å². The molecule has 22 atom stereocenters. The van der Waals surface area contributed by atoms with Crippen molar-refractivity contribution in [2.45, 2.75) is 232 Å². The lowest BCUT2D eigenvalue weighted by atomic mass is 9.84. The van der Waals surface area contributed by atoms with E-state index < -0.39 is 336 Å². The third kappa shape index (κ3) is 25.2. The Morgan fingerprint density at radius 2 is 1.21 bits per heavy atom. The molecular formula is C92H108Cl3N11O34P2. The molecule has 8 aliphatic rings. The summed E-state index contributed by atoms with van der Waals surface area (Å²) in [5.41, 5.74) is 5.82. The maximum Gasteiger partial charge on any atom is 0.360 e. The number of carbonyl (C=O) groups is 10. The molecule has 7 aromatic carbocycles. The highest BCUT2D eigenvalue weighted by Gasteiger charge is 2.54. The van der Waals surface area contributed by atoms with Gasteiger partial charge in [-0.1, -0.05) is 103 Å². The van der Waals surface area contributed by atoms with Crippen molar-refractivity contribution in [2.24, 2.45) is 17.4 Å². The smallest absolute Gasteiger partial charge is 0.360 e. The fraction of sp³-hybridized carbons (Fsp3) is 0.435. The molecule has 15 rings (SSSR count). The lowest BCUT2D eigenvalue weighted by Crippen LogP contribution is -2.65. The van der Waals surface area contributed by atoms with Gasteiger partial charge in [0.05, 0.1) is 46.9 Å². The highest BCUT2D eigenvalue weighted by Crippen LogP contribution is 2.59. The molecule has 7 aromatic rings. The predicted octanol–water partition coefficient (Wildman–Crippen LogP) is 3.97. The van der Waals surface area contributed by atoms with Gasteiger partial charge >= 0.3 is 27.1 Å². The van der Waals surface area contributed by atoms with Gasteiger partial charge in [0.2, 0.25) is 64.8 Å². The number of amides is 8. The number of aliphatic carboxylic acids is 1. The van der Waals surface area contributed by atoms with E-state index in [1.807, 2.05) is 36.4 Å². The molecule has 3 fully saturated rings. The van der Waals surface area contributed by atoms with Gasteiger partial charge in [-0.25, -0.2) is 4.79 Å². The molecule has 50 heteroatoms. The van der Waals surface area contributed by atoms with Crippen LogP contribution in [0.5, 0.6) is 46.0 Å². The Hall–Kier alpha value is -11.3. The topological polar surface area (TPSA) is 711 Å². The fourth-order valence-corrected chi connectivity index (χ4v) is 20.1. The number of carboxylic acid groups (broad SMARTS) is 1. The summed E-state index contributed by atoms with van der Waals surface area (Å²) in [6.45, 7) is 8.62. The number of ether oxygens (including phenoxy) is 9. The minimum atomic E-state index is -5.69. The minimum absolute atomic E-state index is 0.0989. The van der Waals surface area contributed by atoms with Crippen molar-refractivity contribution in [3.63, 3.8) is 0 Å². The summed E-state index contributed by atoms with van der Waals surface area (Å²) >= 11 is 21.0. The number of phenols is 3. The van der Waals surface area contributed by atoms with E-state index in [1.165, 1.54) is 33.9 Å². The van der Waals surface area contributed by atoms with Gasteiger partial charge in [-0.2, -0.15) is 0 Å². The first-order valence-corrected chi connectivity index (χ1v) is 49.1. The van der Waals surface area contributed by atoms with E-state index in [-0.39, 0.29) is 36.4 Å². The van der Waals surface area contributed by atoms with Crippen molar-refractivity contribution in [3.8, 4) is 68.2 Å². The molecule has 0 saturated carbocycles. The van der Waals surface area contributed by atoms with E-state index in [2.05, 4.69) is 42.5 Å². The van der Waals surface area contributed by atoms with E-state index in [4.69, 9.17) is 88.9 Å². The Bertz CT molecular complexity index is 6030. The zero-order valence-electron chi connectivity index (χ0n) is 76.8. The average molecular weight is 2080 g/mol. The zero-order valence-corrected chi connectivity index (χ0v) is 80.8. The number of halogens is 3. The van der Waals surface area contributed by atoms with Crippen LogP contribution in [0.25, 0.3) is 22.3 Å². The summed E-state index contributed by atoms with van der Waals surface area (Å²) in [4.78, 5) is 187. The van der Waals surface area contributed by atoms with Gasteiger partial charge in [0, 0.05) is 71.1 Å². The molecule has 11 bridgehead atoms. The molecule has 766 valence electrons. The number of hydrogen-bond donors (Lipinski definition) is 24. The summed E-state index contributed by atoms with van der Waals surface area (Å²) in [5.74, 6) is -20.0. The van der Waals surface area contributed by atoms with E-state index in [0.29, 0.717) is 5.02 Å². The van der Waals surface area contributed by atoms with Gasteiger partial charge < -0.3 is 167 Å². The van der Waals surface area contributed by atoms with Crippen molar-refractivity contribution in [3.05, 3.63) is 176 Å². The minimum Gasteiger partial charge on any atom is -0.508 e. The summed E-state index contributed by atoms with van der Waals surface area (Å²) < 4.78 is 83.0. The van der Waals surface area contributed by atoms with Crippen LogP contribution in [0.4, 0.5) is 0 Å². The molecule has 142 heavy (non-hydrogen) atoms. The Kier molecular flexibility index (Phi) is 33.8. The number of aromatic hydroxyl groups is 3. The number of nitrogens with one attached hydrogen (secondary N) is 9. The van der Waals surface area contributed by atoms with Crippen LogP contribution in [0.3, 0.4) is 0 Å². The number of phenolic OH excluding ortho intramolecular Hbond substituents is 3. The molecule has 0 radical (unpaired) electrons. The Morgan fingerprint density at radius 3 is 1.81 bits per heavy atom. The number of likely N-dealkylation sites (N-methyl/N-ethyl adjacent to an activating group) is 1. The molecule has 8 amide bonds. The van der Waals surface area contributed by atoms with Gasteiger partial charge in [0.1, 0.15) is 96.1 Å². The number of nitrogens with two attached hydrogens (primary N) is 2. The molecule has 0 spiro atoms. The van der Waals surface area contributed by atoms with Crippen LogP contribution in [0.1, 0.15) is 150 Å². The zero-order chi connectivity index (χ0) is 104. The predicted molar refractivity (Wildman–Crippen MR) is 499 cm³/mol. The third-order valence-electron chi connectivity index (χ3n) is 24.9. The van der Waals surface area contributed by atoms with Crippen LogP contribution in [-0.2, 0) is 92.0 Å². The highest BCUT2D eigenvalue weighted by atomic mass is 35.5. The van der Waals surface area contributed by atoms with Crippen molar-refractivity contribution in [1.29, 1.82) is 0 Å². The van der Waals surface area contributed by atoms with E-state index >= 15 is 24.0 Å². The standard InChI is InChI=1S/C92H108Cl3N11O34P2/c1-38(2)25-54(98-7)82(118)105-72-74(113)45-18-23-58(52(94)27-45)135-60-29-47-30-61(78(60)140-89-79(76(115)75(114)62(137-89)37-132-65(112)10-8-9-64(111)101-90(141(126,127)128)142(129,130)131)139-67-35-92(6,81(117)40(4)134-67)99-36-41-11-13-42(14-12-41)43-15-20-48(93)21-16-43)136-59-24-19-46(28-53(59)95)77(138-66-34-91(5,97)80(116)39(3)133-66)73-87(123)104-71(88(124)125)51-31-49(107)32-57(109)68(51)50-26-44(17-22-56(50)108)69(84(120)106-73)103-85(121)70(47)102-83(119)55(33-63(96)110)100-86(72)122/h11-24,26-32,38-40,54-55,62,66-67,69-77,79-81,89-90,98-99,107-109,113-117H,8-10,25,33-37,97H2,1-7H3,(H2,96,110)(H,100,122)(H,101,111)(H,102,119)(H,103,121)(H,104,123)(H,105,118)(H,106,120)(H,124,125)(H2,126,127,128)(H2,129,130,131)/t39?,40?,54?,55?,62?,66?,67?,69?,70?,71-,72?,73?,74+,75?,76?,77-,79?,80?,81?,89?,91+,92-/m1/s1. The Morgan fingerprint density at radius 1 is 0.627 bits per heavy atom. The molecular weight excluding hydrogens is 1970 g/mol. The van der Waals surface area contributed by atoms with Crippen LogP contribution in [-0.4, -0.2) is 247 Å². The number of aliphatic hydroxyl groups is 5. The van der Waals surface area contributed by atoms with E-state index in [9.17, 15) is 98.6 Å². The number of aliphatic hydroxyl groups excluding tert-OH is 5. The first-order chi connectivity index (χ1) is 66.8. The van der Waals surface area contributed by atoms with Crippen molar-refractivity contribution in [2.75, 3.05) is 13.7 Å². The molecule has 0 aliphatic carbocycles. The Balaban J connectivity index is 1.02. The maximum atomic E-state index is 16.7. The van der Waals surface area contributed by atoms with Gasteiger partial charge in [0.15, 0.2) is 36.2 Å².